The monoisotopic (exact) mass is 443 g/mol. The van der Waals surface area contributed by atoms with Crippen LogP contribution < -0.4 is 9.62 Å². The second-order valence-electron chi connectivity index (χ2n) is 8.08. The van der Waals surface area contributed by atoms with Crippen molar-refractivity contribution >= 4 is 10.9 Å². The van der Waals surface area contributed by atoms with Crippen molar-refractivity contribution in [1.29, 1.82) is 0 Å². The fourth-order valence-electron chi connectivity index (χ4n) is 4.28. The minimum Gasteiger partial charge on any atom is -0.493 e. The van der Waals surface area contributed by atoms with Crippen LogP contribution in [-0.4, -0.2) is 69.3 Å². The third-order valence-electron chi connectivity index (χ3n) is 5.99. The molecule has 0 radical (unpaired) electrons. The molecule has 3 heterocycles. The summed E-state index contributed by atoms with van der Waals surface area (Å²) in [6, 6.07) is 11.6. The fraction of sp³-hybridized carbons (Fsp3) is 0.391. The number of ether oxygens (including phenoxy) is 2. The average molecular weight is 443 g/mol. The van der Waals surface area contributed by atoms with Gasteiger partial charge in [-0.05, 0) is 41.3 Å². The zero-order chi connectivity index (χ0) is 22.2. The highest BCUT2D eigenvalue weighted by Gasteiger charge is 2.45. The number of hydrogen-bond acceptors (Lipinski definition) is 8. The van der Waals surface area contributed by atoms with E-state index in [1.165, 1.54) is 5.56 Å². The first kappa shape index (κ1) is 21.2. The van der Waals surface area contributed by atoms with E-state index in [0.717, 1.165) is 34.2 Å². The normalized spacial score (nSPS) is 27.3. The summed E-state index contributed by atoms with van der Waals surface area (Å²) in [5.74, 6) is 1.32. The molecule has 5 atom stereocenters. The van der Waals surface area contributed by atoms with E-state index in [4.69, 9.17) is 19.2 Å². The minimum absolute atomic E-state index is 0.390. The SMILES string of the molecule is OC[C@H]1O[C@@H](O)[C@H](OOc2cccc3[nH]cc(Cc4ccc5c(c4)CCO5)c23)[C@@H](O)[C@@H]1O. The van der Waals surface area contributed by atoms with E-state index >= 15 is 0 Å². The molecule has 1 fully saturated rings. The summed E-state index contributed by atoms with van der Waals surface area (Å²) in [6.07, 6.45) is -3.53. The van der Waals surface area contributed by atoms with Crippen molar-refractivity contribution in [2.75, 3.05) is 13.2 Å². The molecule has 0 amide bonds. The maximum absolute atomic E-state index is 10.3. The third kappa shape index (κ3) is 3.83. The minimum atomic E-state index is -1.58. The highest BCUT2D eigenvalue weighted by molar-refractivity contribution is 5.89. The van der Waals surface area contributed by atoms with Crippen molar-refractivity contribution in [1.82, 2.24) is 4.98 Å². The molecular weight excluding hydrogens is 418 g/mol. The number of rotatable bonds is 6. The predicted molar refractivity (Wildman–Crippen MR) is 112 cm³/mol. The zero-order valence-electron chi connectivity index (χ0n) is 17.2. The molecule has 3 aromatic rings. The van der Waals surface area contributed by atoms with Crippen LogP contribution in [0.2, 0.25) is 0 Å². The van der Waals surface area contributed by atoms with E-state index in [0.29, 0.717) is 18.8 Å². The highest BCUT2D eigenvalue weighted by atomic mass is 17.2. The van der Waals surface area contributed by atoms with Crippen LogP contribution >= 0.6 is 0 Å². The summed E-state index contributed by atoms with van der Waals surface area (Å²) in [4.78, 5) is 14.0. The smallest absolute Gasteiger partial charge is 0.188 e. The van der Waals surface area contributed by atoms with Crippen LogP contribution in [0.4, 0.5) is 0 Å². The van der Waals surface area contributed by atoms with Gasteiger partial charge in [0, 0.05) is 23.5 Å². The number of hydrogen-bond donors (Lipinski definition) is 5. The molecule has 0 aliphatic carbocycles. The van der Waals surface area contributed by atoms with Crippen molar-refractivity contribution in [3.63, 3.8) is 0 Å². The Labute approximate surface area is 183 Å². The molecule has 2 aromatic carbocycles. The molecule has 1 saturated heterocycles. The summed E-state index contributed by atoms with van der Waals surface area (Å²) in [5, 5.41) is 40.4. The largest absolute Gasteiger partial charge is 0.493 e. The third-order valence-corrected chi connectivity index (χ3v) is 5.99. The molecule has 170 valence electrons. The average Bonchev–Trinajstić information content (AvgIpc) is 3.43. The van der Waals surface area contributed by atoms with Gasteiger partial charge >= 0.3 is 0 Å². The number of nitrogens with one attached hydrogen (secondary N) is 1. The van der Waals surface area contributed by atoms with E-state index in [-0.39, 0.29) is 0 Å². The lowest BCUT2D eigenvalue weighted by Crippen LogP contribution is -2.59. The Morgan fingerprint density at radius 1 is 1.09 bits per heavy atom. The van der Waals surface area contributed by atoms with E-state index in [9.17, 15) is 20.4 Å². The van der Waals surface area contributed by atoms with Crippen LogP contribution in [0.1, 0.15) is 16.7 Å². The van der Waals surface area contributed by atoms with Gasteiger partial charge in [0.15, 0.2) is 18.1 Å². The fourth-order valence-corrected chi connectivity index (χ4v) is 4.28. The molecule has 32 heavy (non-hydrogen) atoms. The van der Waals surface area contributed by atoms with Gasteiger partial charge < -0.3 is 39.8 Å². The molecule has 1 aromatic heterocycles. The molecule has 0 unspecified atom stereocenters. The lowest BCUT2D eigenvalue weighted by atomic mass is 9.99. The summed E-state index contributed by atoms with van der Waals surface area (Å²) in [7, 11) is 0. The highest BCUT2D eigenvalue weighted by Crippen LogP contribution is 2.33. The molecule has 2 aliphatic heterocycles. The van der Waals surface area contributed by atoms with Crippen molar-refractivity contribution in [3.05, 3.63) is 59.3 Å². The summed E-state index contributed by atoms with van der Waals surface area (Å²) >= 11 is 0. The Morgan fingerprint density at radius 2 is 1.97 bits per heavy atom. The summed E-state index contributed by atoms with van der Waals surface area (Å²) < 4.78 is 10.7. The number of benzene rings is 2. The first-order chi connectivity index (χ1) is 15.5. The molecule has 9 heteroatoms. The molecule has 2 aliphatic rings. The Kier molecular flexibility index (Phi) is 5.76. The van der Waals surface area contributed by atoms with Gasteiger partial charge in [0.1, 0.15) is 24.1 Å². The van der Waals surface area contributed by atoms with Gasteiger partial charge in [-0.1, -0.05) is 18.2 Å². The van der Waals surface area contributed by atoms with Gasteiger partial charge in [-0.2, -0.15) is 4.89 Å². The maximum atomic E-state index is 10.3. The van der Waals surface area contributed by atoms with Crippen LogP contribution in [0.25, 0.3) is 10.9 Å². The molecule has 9 nitrogen and oxygen atoms in total. The van der Waals surface area contributed by atoms with E-state index < -0.39 is 37.3 Å². The van der Waals surface area contributed by atoms with Crippen LogP contribution in [0, 0.1) is 0 Å². The lowest BCUT2D eigenvalue weighted by molar-refractivity contribution is -0.364. The van der Waals surface area contributed by atoms with Gasteiger partial charge in [-0.15, -0.1) is 0 Å². The first-order valence-corrected chi connectivity index (χ1v) is 10.5. The second kappa shape index (κ2) is 8.70. The van der Waals surface area contributed by atoms with Gasteiger partial charge in [0.05, 0.1) is 13.2 Å². The summed E-state index contributed by atoms with van der Waals surface area (Å²) in [5.41, 5.74) is 4.16. The van der Waals surface area contributed by atoms with E-state index in [1.54, 1.807) is 12.1 Å². The quantitative estimate of drug-likeness (QED) is 0.279. The molecule has 5 rings (SSSR count). The standard InChI is InChI=1S/C23H25NO8/c25-11-18-20(26)21(27)22(23(28)30-18)32-31-17-3-1-2-15-19(17)14(10-24-15)9-12-4-5-16-13(8-12)6-7-29-16/h1-5,8,10,18,20-28H,6-7,9,11H2/t18-,20-,21+,22-,23-/m1/s1. The van der Waals surface area contributed by atoms with Crippen molar-refractivity contribution < 1.29 is 39.7 Å². The van der Waals surface area contributed by atoms with Crippen LogP contribution in [0.5, 0.6) is 11.5 Å². The molecule has 0 bridgehead atoms. The number of aromatic amines is 1. The Balaban J connectivity index is 1.36. The predicted octanol–water partition coefficient (Wildman–Crippen LogP) is 0.804. The lowest BCUT2D eigenvalue weighted by Gasteiger charge is -2.38. The molecule has 0 spiro atoms. The number of aromatic nitrogens is 1. The molecule has 5 N–H and O–H groups in total. The van der Waals surface area contributed by atoms with Crippen LogP contribution in [0.15, 0.2) is 42.6 Å². The number of aliphatic hydroxyl groups excluding tert-OH is 4. The maximum Gasteiger partial charge on any atom is 0.188 e. The summed E-state index contributed by atoms with van der Waals surface area (Å²) in [6.45, 7) is 0.154. The van der Waals surface area contributed by atoms with Gasteiger partial charge in [0.2, 0.25) is 0 Å². The zero-order valence-corrected chi connectivity index (χ0v) is 17.2. The van der Waals surface area contributed by atoms with E-state index in [1.807, 2.05) is 24.4 Å². The number of aliphatic hydroxyl groups is 4. The molecular formula is C23H25NO8. The number of H-pyrrole nitrogens is 1. The number of fused-ring (bicyclic) bond motifs is 2. The first-order valence-electron chi connectivity index (χ1n) is 10.5. The van der Waals surface area contributed by atoms with Crippen LogP contribution in [-0.2, 0) is 22.5 Å². The van der Waals surface area contributed by atoms with Crippen LogP contribution in [0.3, 0.4) is 0 Å². The molecule has 0 saturated carbocycles. The van der Waals surface area contributed by atoms with Gasteiger partial charge in [0.25, 0.3) is 0 Å². The van der Waals surface area contributed by atoms with E-state index in [2.05, 4.69) is 11.1 Å². The Hall–Kier alpha value is -2.66. The van der Waals surface area contributed by atoms with Crippen molar-refractivity contribution in [3.8, 4) is 11.5 Å². The second-order valence-corrected chi connectivity index (χ2v) is 8.08. The van der Waals surface area contributed by atoms with Crippen molar-refractivity contribution in [2.24, 2.45) is 0 Å². The Bertz CT molecular complexity index is 1100. The van der Waals surface area contributed by atoms with Gasteiger partial charge in [-0.3, -0.25) is 0 Å². The topological polar surface area (TPSA) is 134 Å². The Morgan fingerprint density at radius 3 is 2.81 bits per heavy atom. The van der Waals surface area contributed by atoms with Gasteiger partial charge in [-0.25, -0.2) is 0 Å². The van der Waals surface area contributed by atoms with Crippen molar-refractivity contribution in [2.45, 2.75) is 43.5 Å².